The van der Waals surface area contributed by atoms with Gasteiger partial charge in [0.15, 0.2) is 6.54 Å². The summed E-state index contributed by atoms with van der Waals surface area (Å²) in [5.74, 6) is 0.668. The molecule has 1 fully saturated rings. The van der Waals surface area contributed by atoms with Crippen LogP contribution in [0.25, 0.3) is 0 Å². The largest absolute Gasteiger partial charge is 0.435 e. The lowest BCUT2D eigenvalue weighted by atomic mass is 9.86. The average Bonchev–Trinajstić information content (AvgIpc) is 2.71. The van der Waals surface area contributed by atoms with Crippen LogP contribution in [0, 0.1) is 5.92 Å². The fraction of sp³-hybridized carbons (Fsp3) is 0.435. The van der Waals surface area contributed by atoms with E-state index in [2.05, 4.69) is 17.0 Å². The van der Waals surface area contributed by atoms with Crippen LogP contribution in [-0.2, 0) is 4.79 Å². The molecule has 156 valence electrons. The van der Waals surface area contributed by atoms with Gasteiger partial charge in [0, 0.05) is 17.2 Å². The van der Waals surface area contributed by atoms with Gasteiger partial charge in [-0.3, -0.25) is 4.79 Å². The molecule has 2 aromatic carbocycles. The normalized spacial score (nSPS) is 20.3. The third-order valence-electron chi connectivity index (χ3n) is 5.62. The molecule has 1 saturated carbocycles. The first-order valence-corrected chi connectivity index (χ1v) is 10.3. The first-order chi connectivity index (χ1) is 14.0. The summed E-state index contributed by atoms with van der Waals surface area (Å²) in [7, 11) is 0. The van der Waals surface area contributed by atoms with Crippen LogP contribution in [0.2, 0.25) is 0 Å². The lowest BCUT2D eigenvalue weighted by Crippen LogP contribution is -2.88. The summed E-state index contributed by atoms with van der Waals surface area (Å²) in [5, 5.41) is 5.17. The molecule has 0 aromatic heterocycles. The number of hydrogen-bond donors (Lipinski definition) is 2. The second-order valence-corrected chi connectivity index (χ2v) is 7.71. The number of ether oxygens (including phenoxy) is 1. The number of nitrogens with one attached hydrogen (secondary N) is 1. The quantitative estimate of drug-likeness (QED) is 0.707. The van der Waals surface area contributed by atoms with Crippen molar-refractivity contribution in [2.75, 3.05) is 6.54 Å². The summed E-state index contributed by atoms with van der Waals surface area (Å²) in [5.41, 5.74) is 1.98. The number of nitrogens with two attached hydrogens (primary N) is 1. The van der Waals surface area contributed by atoms with E-state index in [4.69, 9.17) is 0 Å². The Morgan fingerprint density at radius 1 is 1.07 bits per heavy atom. The van der Waals surface area contributed by atoms with Gasteiger partial charge in [-0.15, -0.1) is 0 Å². The molecular weight excluding hydrogens is 374 g/mol. The van der Waals surface area contributed by atoms with E-state index < -0.39 is 6.61 Å². The second-order valence-electron chi connectivity index (χ2n) is 7.71. The highest BCUT2D eigenvalue weighted by Crippen LogP contribution is 2.24. The van der Waals surface area contributed by atoms with Gasteiger partial charge in [0.1, 0.15) is 11.8 Å². The van der Waals surface area contributed by atoms with Crippen molar-refractivity contribution in [1.82, 2.24) is 5.32 Å². The molecule has 0 heterocycles. The van der Waals surface area contributed by atoms with Crippen molar-refractivity contribution in [1.29, 1.82) is 0 Å². The van der Waals surface area contributed by atoms with Gasteiger partial charge in [-0.2, -0.15) is 8.78 Å². The Kier molecular flexibility index (Phi) is 7.58. The summed E-state index contributed by atoms with van der Waals surface area (Å²) < 4.78 is 29.2. The van der Waals surface area contributed by atoms with E-state index >= 15 is 0 Å². The van der Waals surface area contributed by atoms with Crippen LogP contribution >= 0.6 is 0 Å². The third kappa shape index (κ3) is 6.26. The smallest absolute Gasteiger partial charge is 0.387 e. The van der Waals surface area contributed by atoms with Crippen LogP contribution < -0.4 is 15.4 Å². The minimum atomic E-state index is -2.84. The Balaban J connectivity index is 1.67. The molecule has 29 heavy (non-hydrogen) atoms. The van der Waals surface area contributed by atoms with Gasteiger partial charge in [0.05, 0.1) is 0 Å². The first kappa shape index (κ1) is 21.2. The van der Waals surface area contributed by atoms with Crippen LogP contribution in [0.15, 0.2) is 54.6 Å². The summed E-state index contributed by atoms with van der Waals surface area (Å²) in [6.07, 6.45) is 4.61. The van der Waals surface area contributed by atoms with Crippen molar-refractivity contribution in [2.45, 2.75) is 51.3 Å². The van der Waals surface area contributed by atoms with E-state index in [0.29, 0.717) is 12.5 Å². The second kappa shape index (κ2) is 10.3. The van der Waals surface area contributed by atoms with Crippen LogP contribution in [-0.4, -0.2) is 25.1 Å². The van der Waals surface area contributed by atoms with Crippen molar-refractivity contribution in [3.63, 3.8) is 0 Å². The molecule has 1 amide bonds. The Bertz CT molecular complexity index is 768. The van der Waals surface area contributed by atoms with Crippen molar-refractivity contribution in [3.8, 4) is 5.75 Å². The molecule has 4 nitrogen and oxygen atoms in total. The molecule has 0 spiro atoms. The molecule has 0 bridgehead atoms. The first-order valence-electron chi connectivity index (χ1n) is 10.3. The highest BCUT2D eigenvalue weighted by molar-refractivity contribution is 5.77. The van der Waals surface area contributed by atoms with Crippen LogP contribution in [0.3, 0.4) is 0 Å². The van der Waals surface area contributed by atoms with Gasteiger partial charge in [0.2, 0.25) is 0 Å². The topological polar surface area (TPSA) is 54.9 Å². The molecular formula is C23H29F2N2O2+. The molecule has 0 unspecified atom stereocenters. The van der Waals surface area contributed by atoms with E-state index in [1.807, 2.05) is 35.6 Å². The Hall–Kier alpha value is -2.47. The number of halogens is 2. The van der Waals surface area contributed by atoms with Gasteiger partial charge in [0.25, 0.3) is 5.91 Å². The van der Waals surface area contributed by atoms with Gasteiger partial charge < -0.3 is 15.4 Å². The predicted molar refractivity (Wildman–Crippen MR) is 108 cm³/mol. The number of carbonyl (C=O) groups is 1. The lowest BCUT2D eigenvalue weighted by molar-refractivity contribution is -0.676. The fourth-order valence-electron chi connectivity index (χ4n) is 4.00. The molecule has 0 radical (unpaired) electrons. The molecule has 3 N–H and O–H groups in total. The van der Waals surface area contributed by atoms with Gasteiger partial charge in [-0.05, 0) is 43.0 Å². The zero-order valence-corrected chi connectivity index (χ0v) is 16.7. The van der Waals surface area contributed by atoms with Crippen LogP contribution in [0.1, 0.15) is 49.8 Å². The molecule has 3 atom stereocenters. The number of amides is 1. The SMILES string of the molecule is C[C@@H]1CCCC[C@@H]1NC(=O)C[NH2+][C@@H](c1ccccc1)c1ccc(OC(F)F)cc1. The monoisotopic (exact) mass is 403 g/mol. The molecule has 0 saturated heterocycles. The average molecular weight is 403 g/mol. The van der Waals surface area contributed by atoms with Gasteiger partial charge >= 0.3 is 6.61 Å². The minimum absolute atomic E-state index is 0.0299. The van der Waals surface area contributed by atoms with Crippen molar-refractivity contribution < 1.29 is 23.6 Å². The summed E-state index contributed by atoms with van der Waals surface area (Å²) in [6.45, 7) is -0.343. The Morgan fingerprint density at radius 3 is 2.38 bits per heavy atom. The summed E-state index contributed by atoms with van der Waals surface area (Å²) in [6, 6.07) is 16.6. The third-order valence-corrected chi connectivity index (χ3v) is 5.62. The maximum Gasteiger partial charge on any atom is 0.387 e. The van der Waals surface area contributed by atoms with E-state index in [9.17, 15) is 13.6 Å². The van der Waals surface area contributed by atoms with E-state index in [1.165, 1.54) is 25.0 Å². The highest BCUT2D eigenvalue weighted by Gasteiger charge is 2.24. The molecule has 2 aromatic rings. The minimum Gasteiger partial charge on any atom is -0.435 e. The van der Waals surface area contributed by atoms with Crippen LogP contribution in [0.5, 0.6) is 5.75 Å². The predicted octanol–water partition coefficient (Wildman–Crippen LogP) is 3.64. The number of alkyl halides is 2. The summed E-state index contributed by atoms with van der Waals surface area (Å²) >= 11 is 0. The number of benzene rings is 2. The zero-order valence-electron chi connectivity index (χ0n) is 16.7. The molecule has 1 aliphatic carbocycles. The molecule has 1 aliphatic rings. The number of rotatable bonds is 8. The zero-order chi connectivity index (χ0) is 20.6. The Labute approximate surface area is 170 Å². The number of carbonyl (C=O) groups excluding carboxylic acids is 1. The van der Waals surface area contributed by atoms with Crippen molar-refractivity contribution >= 4 is 5.91 Å². The summed E-state index contributed by atoms with van der Waals surface area (Å²) in [4.78, 5) is 12.6. The van der Waals surface area contributed by atoms with Gasteiger partial charge in [-0.1, -0.05) is 50.1 Å². The maximum atomic E-state index is 12.6. The van der Waals surface area contributed by atoms with Crippen molar-refractivity contribution in [3.05, 3.63) is 65.7 Å². The van der Waals surface area contributed by atoms with E-state index in [1.54, 1.807) is 12.1 Å². The Morgan fingerprint density at radius 2 is 1.72 bits per heavy atom. The number of hydrogen-bond acceptors (Lipinski definition) is 2. The molecule has 6 heteroatoms. The number of quaternary nitrogens is 1. The molecule has 0 aliphatic heterocycles. The lowest BCUT2D eigenvalue weighted by Gasteiger charge is -2.29. The van der Waals surface area contributed by atoms with Crippen LogP contribution in [0.4, 0.5) is 8.78 Å². The highest BCUT2D eigenvalue weighted by atomic mass is 19.3. The van der Waals surface area contributed by atoms with E-state index in [0.717, 1.165) is 24.0 Å². The van der Waals surface area contributed by atoms with Crippen molar-refractivity contribution in [2.24, 2.45) is 5.92 Å². The standard InChI is InChI=1S/C23H28F2N2O2/c1-16-7-5-6-10-20(16)27-21(28)15-26-22(17-8-3-2-4-9-17)18-11-13-19(14-12-18)29-23(24)25/h2-4,8-9,11-14,16,20,22-23,26H,5-7,10,15H2,1H3,(H,27,28)/p+1/t16-,20+,22+/m1/s1. The maximum absolute atomic E-state index is 12.6. The molecule has 3 rings (SSSR count). The van der Waals surface area contributed by atoms with Gasteiger partial charge in [-0.25, -0.2) is 0 Å². The fourth-order valence-corrected chi connectivity index (χ4v) is 4.00. The van der Waals surface area contributed by atoms with E-state index in [-0.39, 0.29) is 23.7 Å².